The number of aliphatic carboxylic acids is 1. The minimum atomic E-state index is -1.34. The van der Waals surface area contributed by atoms with Crippen molar-refractivity contribution in [1.82, 2.24) is 0 Å². The number of ether oxygens (including phenoxy) is 1. The Morgan fingerprint density at radius 3 is 2.24 bits per heavy atom. The van der Waals surface area contributed by atoms with Crippen molar-refractivity contribution < 1.29 is 25.0 Å². The maximum Gasteiger partial charge on any atom is 0.300 e. The third kappa shape index (κ3) is 8.78. The van der Waals surface area contributed by atoms with Crippen molar-refractivity contribution in [3.63, 3.8) is 0 Å². The van der Waals surface area contributed by atoms with E-state index in [-0.39, 0.29) is 26.5 Å². The smallest absolute Gasteiger partial charge is 0.300 e. The van der Waals surface area contributed by atoms with Gasteiger partial charge in [0.2, 0.25) is 0 Å². The number of halogens is 3. The van der Waals surface area contributed by atoms with Crippen molar-refractivity contribution in [3.8, 4) is 5.75 Å². The maximum absolute atomic E-state index is 10.4. The van der Waals surface area contributed by atoms with Crippen LogP contribution in [0.5, 0.6) is 5.75 Å². The molecule has 12 heteroatoms. The summed E-state index contributed by atoms with van der Waals surface area (Å²) >= 11 is 18.5. The Labute approximate surface area is 185 Å². The number of non-ortho nitro benzene ring substituents is 1. The topological polar surface area (TPSA) is 144 Å². The van der Waals surface area contributed by atoms with Crippen LogP contribution in [0.4, 0.5) is 5.69 Å². The second kappa shape index (κ2) is 11.7. The van der Waals surface area contributed by atoms with Gasteiger partial charge in [-0.25, -0.2) is 0 Å². The lowest BCUT2D eigenvalue weighted by molar-refractivity contribution is -0.384. The normalized spacial score (nSPS) is 11.0. The number of carbonyl (C=O) groups is 1. The number of hydrogen-bond acceptors (Lipinski definition) is 6. The summed E-state index contributed by atoms with van der Waals surface area (Å²) in [5, 5.41) is 27.0. The SMILES string of the molecule is CC(Oc1cc(Cl)c(Cl)cc1Cl)C(=O)[O-].NC(=[NH2+])SCc1ccc([N+](=O)[O-])cc1. The van der Waals surface area contributed by atoms with E-state index in [9.17, 15) is 20.0 Å². The zero-order chi connectivity index (χ0) is 22.1. The molecule has 0 aliphatic heterocycles. The summed E-state index contributed by atoms with van der Waals surface area (Å²) in [4.78, 5) is 20.3. The fraction of sp³-hybridized carbons (Fsp3) is 0.176. The zero-order valence-electron chi connectivity index (χ0n) is 14.9. The van der Waals surface area contributed by atoms with Crippen LogP contribution in [0.3, 0.4) is 0 Å². The molecule has 156 valence electrons. The Morgan fingerprint density at radius 2 is 1.76 bits per heavy atom. The molecule has 0 fully saturated rings. The number of carbonyl (C=O) groups excluding carboxylic acids is 1. The molecular weight excluding hydrogens is 465 g/mol. The summed E-state index contributed by atoms with van der Waals surface area (Å²) in [6.45, 7) is 1.33. The first-order valence-corrected chi connectivity index (χ1v) is 9.89. The minimum Gasteiger partial charge on any atom is -0.546 e. The van der Waals surface area contributed by atoms with Crippen LogP contribution >= 0.6 is 46.6 Å². The molecule has 0 aromatic heterocycles. The quantitative estimate of drug-likeness (QED) is 0.212. The minimum absolute atomic E-state index is 0.0865. The van der Waals surface area contributed by atoms with Crippen molar-refractivity contribution in [2.45, 2.75) is 18.8 Å². The number of nitrogens with two attached hydrogens (primary N) is 2. The summed E-state index contributed by atoms with van der Waals surface area (Å²) in [6, 6.07) is 9.03. The number of nitro benzene ring substituents is 1. The van der Waals surface area contributed by atoms with E-state index in [1.54, 1.807) is 12.1 Å². The van der Waals surface area contributed by atoms with Gasteiger partial charge in [-0.2, -0.15) is 0 Å². The second-order valence-electron chi connectivity index (χ2n) is 5.39. The zero-order valence-corrected chi connectivity index (χ0v) is 18.0. The van der Waals surface area contributed by atoms with Gasteiger partial charge in [-0.3, -0.25) is 21.3 Å². The molecule has 1 atom stereocenters. The second-order valence-corrected chi connectivity index (χ2v) is 7.66. The highest BCUT2D eigenvalue weighted by molar-refractivity contribution is 8.12. The Kier molecular flexibility index (Phi) is 10.0. The first-order valence-electron chi connectivity index (χ1n) is 7.77. The molecule has 0 saturated heterocycles. The Balaban J connectivity index is 0.000000291. The number of carboxylic acids is 1. The molecule has 29 heavy (non-hydrogen) atoms. The summed E-state index contributed by atoms with van der Waals surface area (Å²) in [7, 11) is 0. The summed E-state index contributed by atoms with van der Waals surface area (Å²) in [6.07, 6.45) is -1.11. The highest BCUT2D eigenvalue weighted by Gasteiger charge is 2.11. The van der Waals surface area contributed by atoms with Gasteiger partial charge in [0.25, 0.3) is 10.9 Å². The molecule has 0 heterocycles. The molecule has 0 bridgehead atoms. The molecule has 0 saturated carbocycles. The number of hydrogen-bond donors (Lipinski definition) is 2. The van der Waals surface area contributed by atoms with E-state index >= 15 is 0 Å². The number of benzene rings is 2. The Bertz CT molecular complexity index is 897. The lowest BCUT2D eigenvalue weighted by Crippen LogP contribution is -2.43. The van der Waals surface area contributed by atoms with Crippen LogP contribution in [0.15, 0.2) is 36.4 Å². The molecule has 0 aliphatic rings. The van der Waals surface area contributed by atoms with E-state index in [0.29, 0.717) is 10.9 Å². The average molecular weight is 481 g/mol. The predicted molar refractivity (Wildman–Crippen MR) is 112 cm³/mol. The van der Waals surface area contributed by atoms with Crippen LogP contribution in [0, 0.1) is 10.1 Å². The summed E-state index contributed by atoms with van der Waals surface area (Å²) < 4.78 is 5.01. The van der Waals surface area contributed by atoms with Gasteiger partial charge >= 0.3 is 0 Å². The van der Waals surface area contributed by atoms with Crippen LogP contribution in [-0.2, 0) is 10.5 Å². The van der Waals surface area contributed by atoms with Gasteiger partial charge in [0, 0.05) is 24.0 Å². The third-order valence-electron chi connectivity index (χ3n) is 3.16. The highest BCUT2D eigenvalue weighted by atomic mass is 35.5. The van der Waals surface area contributed by atoms with E-state index in [4.69, 9.17) is 50.7 Å². The standard InChI is InChI=1S/C9H7Cl3O3.C8H9N3O2S/c1-4(9(13)14)15-8-3-6(11)5(10)2-7(8)12;9-8(10)14-5-6-1-3-7(4-2-6)11(12)13/h2-4H,1H3,(H,13,14);1-4H,5H2,(H3,9,10). The van der Waals surface area contributed by atoms with Gasteiger partial charge in [0.15, 0.2) is 0 Å². The molecule has 0 radical (unpaired) electrons. The van der Waals surface area contributed by atoms with E-state index in [1.165, 1.54) is 43.0 Å². The Morgan fingerprint density at radius 1 is 1.21 bits per heavy atom. The van der Waals surface area contributed by atoms with Gasteiger partial charge in [-0.1, -0.05) is 46.9 Å². The molecule has 1 unspecified atom stereocenters. The van der Waals surface area contributed by atoms with Crippen molar-refractivity contribution in [1.29, 1.82) is 0 Å². The van der Waals surface area contributed by atoms with Crippen LogP contribution in [0.1, 0.15) is 12.5 Å². The van der Waals surface area contributed by atoms with Crippen LogP contribution in [0.2, 0.25) is 15.1 Å². The molecule has 0 spiro atoms. The Hall–Kier alpha value is -2.20. The molecule has 4 N–H and O–H groups in total. The van der Waals surface area contributed by atoms with Gasteiger partial charge in [-0.15, -0.1) is 0 Å². The highest BCUT2D eigenvalue weighted by Crippen LogP contribution is 2.34. The van der Waals surface area contributed by atoms with Crippen LogP contribution in [0.25, 0.3) is 0 Å². The van der Waals surface area contributed by atoms with E-state index in [1.807, 2.05) is 0 Å². The number of thioether (sulfide) groups is 1. The first kappa shape index (κ1) is 24.8. The van der Waals surface area contributed by atoms with Crippen molar-refractivity contribution in [2.24, 2.45) is 5.73 Å². The lowest BCUT2D eigenvalue weighted by atomic mass is 10.2. The van der Waals surface area contributed by atoms with Crippen LogP contribution in [-0.4, -0.2) is 22.2 Å². The molecule has 0 aliphatic carbocycles. The average Bonchev–Trinajstić information content (AvgIpc) is 2.65. The van der Waals surface area contributed by atoms with Gasteiger partial charge in [-0.05, 0) is 30.3 Å². The summed E-state index contributed by atoms with van der Waals surface area (Å²) in [5.41, 5.74) is 6.31. The van der Waals surface area contributed by atoms with E-state index in [2.05, 4.69) is 0 Å². The first-order chi connectivity index (χ1) is 13.5. The molecule has 2 aromatic carbocycles. The molecule has 2 rings (SSSR count). The third-order valence-corrected chi connectivity index (χ3v) is 4.99. The molecule has 2 aromatic rings. The fourth-order valence-electron chi connectivity index (χ4n) is 1.71. The fourth-order valence-corrected chi connectivity index (χ4v) is 2.82. The molecule has 0 amide bonds. The number of carboxylic acid groups (broad SMARTS) is 1. The van der Waals surface area contributed by atoms with Gasteiger partial charge in [0.05, 0.1) is 26.0 Å². The van der Waals surface area contributed by atoms with Crippen molar-refractivity contribution in [3.05, 3.63) is 67.1 Å². The van der Waals surface area contributed by atoms with Crippen LogP contribution < -0.4 is 21.0 Å². The van der Waals surface area contributed by atoms with Gasteiger partial charge in [0.1, 0.15) is 11.9 Å². The van der Waals surface area contributed by atoms with E-state index < -0.39 is 17.0 Å². The monoisotopic (exact) mass is 479 g/mol. The number of amidine groups is 1. The maximum atomic E-state index is 10.4. The largest absolute Gasteiger partial charge is 0.546 e. The van der Waals surface area contributed by atoms with Gasteiger partial charge < -0.3 is 14.6 Å². The molecular formula is C17H16Cl3N3O5S. The van der Waals surface area contributed by atoms with Crippen molar-refractivity contribution >= 4 is 63.4 Å². The number of nitrogens with zero attached hydrogens (tertiary/aromatic N) is 1. The number of nitro groups is 1. The predicted octanol–water partition coefficient (Wildman–Crippen LogP) is 2.07. The van der Waals surface area contributed by atoms with Crippen molar-refractivity contribution in [2.75, 3.05) is 0 Å². The lowest BCUT2D eigenvalue weighted by Gasteiger charge is -2.16. The summed E-state index contributed by atoms with van der Waals surface area (Å²) in [5.74, 6) is -0.555. The van der Waals surface area contributed by atoms with E-state index in [0.717, 1.165) is 5.56 Å². The molecule has 8 nitrogen and oxygen atoms in total. The number of rotatable bonds is 6.